The van der Waals surface area contributed by atoms with E-state index in [1.807, 2.05) is 6.92 Å². The fourth-order valence-corrected chi connectivity index (χ4v) is 2.81. The zero-order valence-electron chi connectivity index (χ0n) is 11.1. The van der Waals surface area contributed by atoms with Crippen molar-refractivity contribution in [3.8, 4) is 0 Å². The molecule has 118 valence electrons. The van der Waals surface area contributed by atoms with Gasteiger partial charge in [-0.2, -0.15) is 16.8 Å². The molecule has 0 spiro atoms. The van der Waals surface area contributed by atoms with E-state index >= 15 is 0 Å². The summed E-state index contributed by atoms with van der Waals surface area (Å²) in [6.07, 6.45) is 2.29. The minimum absolute atomic E-state index is 0.126. The Morgan fingerprint density at radius 3 is 2.29 bits per heavy atom. The smallest absolute Gasteiger partial charge is 0.295 e. The molecule has 10 heteroatoms. The van der Waals surface area contributed by atoms with Crippen molar-refractivity contribution in [3.05, 3.63) is 29.0 Å². The van der Waals surface area contributed by atoms with E-state index in [9.17, 15) is 22.0 Å². The summed E-state index contributed by atoms with van der Waals surface area (Å²) in [6, 6.07) is 2.54. The lowest BCUT2D eigenvalue weighted by molar-refractivity contribution is -0.452. The fraction of sp³-hybridized carbons (Fsp3) is 0.364. The molecule has 0 saturated carbocycles. The molecule has 8 nitrogen and oxygen atoms in total. The number of nitrogens with zero attached hydrogens (tertiary/aromatic N) is 1. The minimum atomic E-state index is -4.75. The zero-order chi connectivity index (χ0) is 16.3. The SMILES string of the molecule is CCCC[N+]([O-])=Cc1ccc(S(=O)(=O)O)cc1S(=O)(=O)O. The average molecular weight is 337 g/mol. The molecule has 0 heterocycles. The number of benzene rings is 1. The minimum Gasteiger partial charge on any atom is -0.624 e. The van der Waals surface area contributed by atoms with Crippen molar-refractivity contribution in [2.45, 2.75) is 29.6 Å². The van der Waals surface area contributed by atoms with Gasteiger partial charge in [0.05, 0.1) is 10.5 Å². The second-order valence-electron chi connectivity index (χ2n) is 4.27. The Hall–Kier alpha value is -1.49. The predicted octanol–water partition coefficient (Wildman–Crippen LogP) is 0.909. The maximum Gasteiger partial charge on any atom is 0.295 e. The fourth-order valence-electron chi connectivity index (χ4n) is 1.54. The van der Waals surface area contributed by atoms with Crippen LogP contribution < -0.4 is 0 Å². The summed E-state index contributed by atoms with van der Waals surface area (Å²) >= 11 is 0. The molecule has 0 unspecified atom stereocenters. The number of hydrogen-bond acceptors (Lipinski definition) is 5. The predicted molar refractivity (Wildman–Crippen MR) is 74.6 cm³/mol. The number of unbranched alkanes of at least 4 members (excludes halogenated alkanes) is 1. The van der Waals surface area contributed by atoms with Gasteiger partial charge in [0, 0.05) is 6.42 Å². The average Bonchev–Trinajstić information content (AvgIpc) is 2.34. The highest BCUT2D eigenvalue weighted by molar-refractivity contribution is 7.86. The normalized spacial score (nSPS) is 13.4. The molecule has 0 bridgehead atoms. The molecule has 1 aromatic carbocycles. The maximum atomic E-state index is 11.5. The van der Waals surface area contributed by atoms with Crippen molar-refractivity contribution in [1.29, 1.82) is 0 Å². The molecule has 0 aliphatic heterocycles. The summed E-state index contributed by atoms with van der Waals surface area (Å²) in [4.78, 5) is -1.46. The molecule has 1 rings (SSSR count). The maximum absolute atomic E-state index is 11.5. The van der Waals surface area contributed by atoms with Crippen LogP contribution in [-0.2, 0) is 20.2 Å². The Bertz CT molecular complexity index is 751. The third-order valence-corrected chi connectivity index (χ3v) is 4.33. The summed E-state index contributed by atoms with van der Waals surface area (Å²) < 4.78 is 63.0. The molecular formula is C11H15NO7S2. The molecule has 1 aromatic rings. The Kier molecular flexibility index (Phi) is 5.45. The topological polar surface area (TPSA) is 135 Å². The summed E-state index contributed by atoms with van der Waals surface area (Å²) in [5.41, 5.74) is -0.170. The molecule has 0 atom stereocenters. The van der Waals surface area contributed by atoms with Crippen molar-refractivity contribution < 1.29 is 30.7 Å². The summed E-state index contributed by atoms with van der Waals surface area (Å²) in [5.74, 6) is 0. The van der Waals surface area contributed by atoms with Crippen molar-refractivity contribution >= 4 is 26.5 Å². The second kappa shape index (κ2) is 6.52. The zero-order valence-corrected chi connectivity index (χ0v) is 12.8. The van der Waals surface area contributed by atoms with E-state index < -0.39 is 30.0 Å². The van der Waals surface area contributed by atoms with Gasteiger partial charge in [0.25, 0.3) is 20.2 Å². The van der Waals surface area contributed by atoms with Crippen LogP contribution in [0.25, 0.3) is 0 Å². The molecule has 0 aliphatic rings. The van der Waals surface area contributed by atoms with Crippen LogP contribution in [0.3, 0.4) is 0 Å². The highest BCUT2D eigenvalue weighted by atomic mass is 32.2. The van der Waals surface area contributed by atoms with Crippen molar-refractivity contribution in [2.75, 3.05) is 6.54 Å². The molecule has 21 heavy (non-hydrogen) atoms. The summed E-state index contributed by atoms with van der Waals surface area (Å²) in [6.45, 7) is 2.00. The Morgan fingerprint density at radius 2 is 1.81 bits per heavy atom. The van der Waals surface area contributed by atoms with E-state index in [1.54, 1.807) is 0 Å². The van der Waals surface area contributed by atoms with Crippen molar-refractivity contribution in [2.24, 2.45) is 0 Å². The standard InChI is InChI=1S/C11H15NO7S2/c1-2-3-6-12(13)8-9-4-5-10(20(14,15)16)7-11(9)21(17,18)19/h4-5,7-8H,2-3,6H2,1H3,(H,14,15,16)(H,17,18,19). The van der Waals surface area contributed by atoms with Crippen molar-refractivity contribution in [3.63, 3.8) is 0 Å². The van der Waals surface area contributed by atoms with E-state index in [2.05, 4.69) is 0 Å². The third-order valence-electron chi connectivity index (χ3n) is 2.58. The lowest BCUT2D eigenvalue weighted by Gasteiger charge is -2.06. The molecule has 0 radical (unpaired) electrons. The Morgan fingerprint density at radius 1 is 1.19 bits per heavy atom. The molecular weight excluding hydrogens is 322 g/mol. The first kappa shape index (κ1) is 17.6. The molecule has 0 fully saturated rings. The first-order valence-corrected chi connectivity index (χ1v) is 8.81. The van der Waals surface area contributed by atoms with Gasteiger partial charge in [-0.15, -0.1) is 0 Å². The highest BCUT2D eigenvalue weighted by Crippen LogP contribution is 2.19. The lowest BCUT2D eigenvalue weighted by Crippen LogP contribution is -2.12. The van der Waals surface area contributed by atoms with Gasteiger partial charge < -0.3 is 5.21 Å². The van der Waals surface area contributed by atoms with E-state index in [1.165, 1.54) is 0 Å². The van der Waals surface area contributed by atoms with Crippen molar-refractivity contribution in [1.82, 2.24) is 0 Å². The quantitative estimate of drug-likeness (QED) is 0.259. The van der Waals surface area contributed by atoms with E-state index in [4.69, 9.17) is 9.11 Å². The van der Waals surface area contributed by atoms with Gasteiger partial charge in [0.15, 0.2) is 12.8 Å². The van der Waals surface area contributed by atoms with Gasteiger partial charge in [-0.1, -0.05) is 13.3 Å². The first-order valence-electron chi connectivity index (χ1n) is 5.93. The summed E-state index contributed by atoms with van der Waals surface area (Å²) in [5, 5.41) is 11.5. The number of hydroxylamine groups is 1. The molecule has 0 amide bonds. The van der Waals surface area contributed by atoms with Gasteiger partial charge >= 0.3 is 0 Å². The molecule has 2 N–H and O–H groups in total. The van der Waals surface area contributed by atoms with Crippen LogP contribution in [0, 0.1) is 5.21 Å². The van der Waals surface area contributed by atoms with Crippen LogP contribution in [0.2, 0.25) is 0 Å². The Labute approximate surface area is 122 Å². The van der Waals surface area contributed by atoms with Gasteiger partial charge in [-0.3, -0.25) is 9.11 Å². The van der Waals surface area contributed by atoms with Crippen LogP contribution >= 0.6 is 0 Å². The third kappa shape index (κ3) is 5.08. The number of rotatable bonds is 6. The van der Waals surface area contributed by atoms with Crippen LogP contribution in [0.5, 0.6) is 0 Å². The lowest BCUT2D eigenvalue weighted by atomic mass is 10.2. The van der Waals surface area contributed by atoms with Crippen LogP contribution in [-0.4, -0.2) is 43.4 Å². The van der Waals surface area contributed by atoms with E-state index in [0.717, 1.165) is 24.8 Å². The molecule has 0 saturated heterocycles. The van der Waals surface area contributed by atoms with Crippen LogP contribution in [0.1, 0.15) is 25.3 Å². The monoisotopic (exact) mass is 337 g/mol. The highest BCUT2D eigenvalue weighted by Gasteiger charge is 2.21. The molecule has 0 aromatic heterocycles. The van der Waals surface area contributed by atoms with Gasteiger partial charge in [0.1, 0.15) is 4.90 Å². The Balaban J connectivity index is 3.41. The summed E-state index contributed by atoms with van der Waals surface area (Å²) in [7, 11) is -9.38. The van der Waals surface area contributed by atoms with E-state index in [0.29, 0.717) is 17.2 Å². The largest absolute Gasteiger partial charge is 0.624 e. The van der Waals surface area contributed by atoms with Crippen LogP contribution in [0.15, 0.2) is 28.0 Å². The van der Waals surface area contributed by atoms with Gasteiger partial charge in [-0.05, 0) is 18.2 Å². The van der Waals surface area contributed by atoms with E-state index in [-0.39, 0.29) is 12.1 Å². The molecule has 0 aliphatic carbocycles. The van der Waals surface area contributed by atoms with Gasteiger partial charge in [0.2, 0.25) is 0 Å². The number of hydrogen-bond donors (Lipinski definition) is 2. The first-order chi connectivity index (χ1) is 9.55. The van der Waals surface area contributed by atoms with Crippen LogP contribution in [0.4, 0.5) is 0 Å². The second-order valence-corrected chi connectivity index (χ2v) is 7.08. The van der Waals surface area contributed by atoms with Gasteiger partial charge in [-0.25, -0.2) is 4.74 Å².